The van der Waals surface area contributed by atoms with Crippen molar-refractivity contribution in [3.05, 3.63) is 48.6 Å². The van der Waals surface area contributed by atoms with Crippen LogP contribution in [0.3, 0.4) is 0 Å². The van der Waals surface area contributed by atoms with E-state index in [0.29, 0.717) is 23.9 Å². The second kappa shape index (κ2) is 18.4. The lowest BCUT2D eigenvalue weighted by atomic mass is 9.98. The van der Waals surface area contributed by atoms with E-state index >= 15 is 0 Å². The molecule has 3 atom stereocenters. The summed E-state index contributed by atoms with van der Waals surface area (Å²) in [5, 5.41) is 19.8. The molecule has 0 saturated heterocycles. The lowest BCUT2D eigenvalue weighted by Gasteiger charge is -2.14. The topological polar surface area (TPSA) is 66.8 Å². The summed E-state index contributed by atoms with van der Waals surface area (Å²) in [6.45, 7) is 4.19. The predicted octanol–water partition coefficient (Wildman–Crippen LogP) is 5.26. The maximum atomic E-state index is 11.2. The van der Waals surface area contributed by atoms with Crippen molar-refractivity contribution in [2.75, 3.05) is 4.61 Å². The molecule has 0 rings (SSSR count). The molecular formula is C22H35IO4. The number of halogens is 1. The van der Waals surface area contributed by atoms with Gasteiger partial charge < -0.3 is 14.9 Å². The van der Waals surface area contributed by atoms with E-state index in [1.165, 1.54) is 12.8 Å². The molecule has 0 heterocycles. The molecule has 0 aliphatic carbocycles. The Morgan fingerprint density at radius 2 is 1.59 bits per heavy atom. The van der Waals surface area contributed by atoms with Crippen LogP contribution in [0.25, 0.3) is 0 Å². The van der Waals surface area contributed by atoms with Gasteiger partial charge in [-0.3, -0.25) is 4.79 Å². The third-order valence-electron chi connectivity index (χ3n) is 4.11. The maximum Gasteiger partial charge on any atom is 0.306 e. The minimum Gasteiger partial charge on any atom is -0.455 e. The van der Waals surface area contributed by atoms with Crippen LogP contribution < -0.4 is 0 Å². The second-order valence-corrected chi connectivity index (χ2v) is 7.17. The van der Waals surface area contributed by atoms with E-state index in [9.17, 15) is 15.0 Å². The number of ether oxygens (including phenoxy) is 1. The minimum atomic E-state index is -0.555. The monoisotopic (exact) mass is 490 g/mol. The van der Waals surface area contributed by atoms with Crippen LogP contribution in [-0.4, -0.2) is 33.0 Å². The van der Waals surface area contributed by atoms with Crippen molar-refractivity contribution in [2.24, 2.45) is 5.92 Å². The van der Waals surface area contributed by atoms with Crippen molar-refractivity contribution in [1.82, 2.24) is 0 Å². The molecule has 2 N–H and O–H groups in total. The molecule has 5 heteroatoms. The Balaban J connectivity index is 3.95. The number of hydrogen-bond donors (Lipinski definition) is 2. The highest BCUT2D eigenvalue weighted by Crippen LogP contribution is 2.12. The third-order valence-corrected chi connectivity index (χ3v) is 4.42. The number of aliphatic hydroxyl groups is 2. The van der Waals surface area contributed by atoms with Gasteiger partial charge in [0, 0.05) is 12.3 Å². The number of unbranched alkanes of at least 4 members (excludes halogenated alkanes) is 2. The Morgan fingerprint density at radius 1 is 0.963 bits per heavy atom. The van der Waals surface area contributed by atoms with Crippen LogP contribution >= 0.6 is 22.6 Å². The number of alkyl halides is 1. The normalized spacial score (nSPS) is 15.9. The zero-order valence-corrected chi connectivity index (χ0v) is 18.8. The summed E-state index contributed by atoms with van der Waals surface area (Å²) in [5.74, 6) is -0.0684. The number of carbonyl (C=O) groups excluding carboxylic acids is 1. The van der Waals surface area contributed by atoms with Gasteiger partial charge in [0.05, 0.1) is 12.2 Å². The Hall–Kier alpha value is -0.920. The lowest BCUT2D eigenvalue weighted by Crippen LogP contribution is -2.15. The Morgan fingerprint density at radius 3 is 2.22 bits per heavy atom. The maximum absolute atomic E-state index is 11.2. The van der Waals surface area contributed by atoms with Gasteiger partial charge in [-0.1, -0.05) is 81.7 Å². The van der Waals surface area contributed by atoms with Gasteiger partial charge in [-0.05, 0) is 41.9 Å². The van der Waals surface area contributed by atoms with Gasteiger partial charge in [0.2, 0.25) is 0 Å². The minimum absolute atomic E-state index is 0.152. The standard InChI is InChI=1S/C22H35IO4/c1-3-4-9-16-21(25)19(2)13-10-7-5-6-8-11-14-20(24)15-12-17-22(26)27-18-23/h5-8,10-11,13-14,19-21,24-25H,3-4,9,12,15-18H2,1-2H3/b7-5+,8-6-,13-10+,14-11+/t19-,20-,21+/m1/s1. The summed E-state index contributed by atoms with van der Waals surface area (Å²) in [5.41, 5.74) is 0. The molecule has 154 valence electrons. The van der Waals surface area contributed by atoms with Gasteiger partial charge in [-0.15, -0.1) is 0 Å². The molecule has 0 radical (unpaired) electrons. The van der Waals surface area contributed by atoms with E-state index < -0.39 is 6.10 Å². The van der Waals surface area contributed by atoms with Crippen LogP contribution in [0.15, 0.2) is 48.6 Å². The van der Waals surface area contributed by atoms with E-state index in [4.69, 9.17) is 4.74 Å². The van der Waals surface area contributed by atoms with Gasteiger partial charge in [-0.25, -0.2) is 0 Å². The van der Waals surface area contributed by atoms with Crippen molar-refractivity contribution < 1.29 is 19.7 Å². The first-order valence-corrected chi connectivity index (χ1v) is 11.3. The highest BCUT2D eigenvalue weighted by Gasteiger charge is 2.09. The second-order valence-electron chi connectivity index (χ2n) is 6.55. The smallest absolute Gasteiger partial charge is 0.306 e. The molecule has 0 unspecified atom stereocenters. The van der Waals surface area contributed by atoms with Crippen molar-refractivity contribution in [2.45, 2.75) is 71.0 Å². The first-order valence-electron chi connectivity index (χ1n) is 9.77. The van der Waals surface area contributed by atoms with Crippen LogP contribution in [0.5, 0.6) is 0 Å². The molecule has 0 amide bonds. The molecule has 27 heavy (non-hydrogen) atoms. The molecule has 0 fully saturated rings. The van der Waals surface area contributed by atoms with Crippen molar-refractivity contribution >= 4 is 28.6 Å². The summed E-state index contributed by atoms with van der Waals surface area (Å²) >= 11 is 1.98. The van der Waals surface area contributed by atoms with Gasteiger partial charge in [0.15, 0.2) is 0 Å². The molecule has 0 aliphatic rings. The molecule has 0 aromatic rings. The fourth-order valence-corrected chi connectivity index (χ4v) is 2.72. The molecular weight excluding hydrogens is 455 g/mol. The zero-order valence-electron chi connectivity index (χ0n) is 16.6. The Labute approximate surface area is 178 Å². The van der Waals surface area contributed by atoms with Crippen molar-refractivity contribution in [1.29, 1.82) is 0 Å². The largest absolute Gasteiger partial charge is 0.455 e. The zero-order chi connectivity index (χ0) is 20.3. The van der Waals surface area contributed by atoms with E-state index in [2.05, 4.69) is 6.92 Å². The molecule has 0 aromatic heterocycles. The molecule has 0 spiro atoms. The number of hydrogen-bond acceptors (Lipinski definition) is 4. The SMILES string of the molecule is CCCCC[C@H](O)[C@H](C)/C=C/C=C/C=C\C=C\[C@@H](O)CCCC(=O)OCI. The van der Waals surface area contributed by atoms with Gasteiger partial charge in [0.1, 0.15) is 4.61 Å². The Kier molecular flexibility index (Phi) is 17.8. The van der Waals surface area contributed by atoms with Crippen LogP contribution in [0.4, 0.5) is 0 Å². The molecule has 0 aromatic carbocycles. The van der Waals surface area contributed by atoms with E-state index in [1.807, 2.05) is 66.0 Å². The summed E-state index contributed by atoms with van der Waals surface area (Å²) in [6, 6.07) is 0. The fraction of sp³-hybridized carbons (Fsp3) is 0.591. The van der Waals surface area contributed by atoms with Crippen LogP contribution in [0.1, 0.15) is 58.8 Å². The summed E-state index contributed by atoms with van der Waals surface area (Å²) in [4.78, 5) is 11.2. The van der Waals surface area contributed by atoms with E-state index in [1.54, 1.807) is 12.2 Å². The van der Waals surface area contributed by atoms with Crippen molar-refractivity contribution in [3.8, 4) is 0 Å². The summed E-state index contributed by atoms with van der Waals surface area (Å²) in [6.07, 6.45) is 20.0. The number of rotatable bonds is 15. The molecule has 0 bridgehead atoms. The van der Waals surface area contributed by atoms with E-state index in [-0.39, 0.29) is 18.0 Å². The average molecular weight is 490 g/mol. The van der Waals surface area contributed by atoms with Crippen LogP contribution in [0.2, 0.25) is 0 Å². The fourth-order valence-electron chi connectivity index (χ4n) is 2.37. The summed E-state index contributed by atoms with van der Waals surface area (Å²) < 4.78 is 5.19. The van der Waals surface area contributed by atoms with E-state index in [0.717, 1.165) is 12.8 Å². The van der Waals surface area contributed by atoms with Crippen LogP contribution in [-0.2, 0) is 9.53 Å². The van der Waals surface area contributed by atoms with Gasteiger partial charge >= 0.3 is 5.97 Å². The van der Waals surface area contributed by atoms with Crippen LogP contribution in [0, 0.1) is 5.92 Å². The number of carbonyl (C=O) groups is 1. The number of aliphatic hydroxyl groups excluding tert-OH is 2. The van der Waals surface area contributed by atoms with Gasteiger partial charge in [-0.2, -0.15) is 0 Å². The third kappa shape index (κ3) is 16.9. The Bertz CT molecular complexity index is 483. The highest BCUT2D eigenvalue weighted by molar-refractivity contribution is 14.1. The van der Waals surface area contributed by atoms with Crippen molar-refractivity contribution in [3.63, 3.8) is 0 Å². The predicted molar refractivity (Wildman–Crippen MR) is 121 cm³/mol. The number of allylic oxidation sites excluding steroid dienone is 6. The lowest BCUT2D eigenvalue weighted by molar-refractivity contribution is -0.141. The summed E-state index contributed by atoms with van der Waals surface area (Å²) in [7, 11) is 0. The molecule has 0 aliphatic heterocycles. The number of esters is 1. The average Bonchev–Trinajstić information content (AvgIpc) is 2.64. The first-order chi connectivity index (χ1) is 13.0. The molecule has 0 saturated carbocycles. The van der Waals surface area contributed by atoms with Gasteiger partial charge in [0.25, 0.3) is 0 Å². The first kappa shape index (κ1) is 26.1. The highest BCUT2D eigenvalue weighted by atomic mass is 127. The molecule has 4 nitrogen and oxygen atoms in total. The quantitative estimate of drug-likeness (QED) is 0.108.